The molecule has 2 atom stereocenters. The molecule has 3 aromatic rings. The number of imide groups is 1. The van der Waals surface area contributed by atoms with Gasteiger partial charge in [-0.1, -0.05) is 43.3 Å². The van der Waals surface area contributed by atoms with Crippen LogP contribution in [0.4, 0.5) is 10.6 Å². The zero-order chi connectivity index (χ0) is 45.4. The Hall–Kier alpha value is -5.94. The maximum atomic E-state index is 13.6. The molecule has 17 nitrogen and oxygen atoms in total. The second-order valence-electron chi connectivity index (χ2n) is 19.1. The zero-order valence-electron chi connectivity index (χ0n) is 37.7. The highest BCUT2D eigenvalue weighted by Crippen LogP contribution is 2.36. The topological polar surface area (TPSA) is 189 Å². The summed E-state index contributed by atoms with van der Waals surface area (Å²) in [7, 11) is 1.84. The number of urea groups is 1. The quantitative estimate of drug-likeness (QED) is 0.253. The Bertz CT molecular complexity index is 2340. The van der Waals surface area contributed by atoms with Gasteiger partial charge in [-0.2, -0.15) is 0 Å². The van der Waals surface area contributed by atoms with E-state index in [2.05, 4.69) is 62.3 Å². The number of nitrogens with zero attached hydrogens (tertiary/aromatic N) is 9. The number of hydrogen-bond acceptors (Lipinski definition) is 11. The molecule has 7 amide bonds. The minimum Gasteiger partial charge on any atom is -0.364 e. The molecule has 0 bridgehead atoms. The number of anilines is 1. The van der Waals surface area contributed by atoms with Crippen LogP contribution in [-0.2, 0) is 39.2 Å². The first-order valence-electron chi connectivity index (χ1n) is 23.3. The highest BCUT2D eigenvalue weighted by atomic mass is 16.2. The van der Waals surface area contributed by atoms with Crippen molar-refractivity contribution >= 4 is 41.4 Å². The Morgan fingerprint density at radius 2 is 1.63 bits per heavy atom. The number of nitrogens with two attached hydrogens (primary N) is 1. The Kier molecular flexibility index (Phi) is 12.6. The number of piperazine rings is 1. The highest BCUT2D eigenvalue weighted by Gasteiger charge is 2.40. The standard InChI is InChI=1S/C48H61N11O6/c1-48(34-10-8-32(9-11-34)27-38-43(44(49)62)50-28-40(51-38)57-17-4-6-35(29-57)58-26-21-53(2)47(58)65)15-19-56(20-16-48)42(61)31-55-24-22-54(23-25-55)18-14-33-5-3-7-36-37(33)30-59(46(36)64)39-12-13-41(60)52-45(39)63/h3,5,7-11,28,35,39H,4,6,12-27,29-31H2,1-2H3,(H2,49,62)(H,52,60,63)/t35-,39?/m1/s1. The van der Waals surface area contributed by atoms with Crippen LogP contribution >= 0.6 is 0 Å². The molecule has 6 aliphatic heterocycles. The van der Waals surface area contributed by atoms with Crippen molar-refractivity contribution in [3.63, 3.8) is 0 Å². The van der Waals surface area contributed by atoms with Gasteiger partial charge in [0.15, 0.2) is 0 Å². The summed E-state index contributed by atoms with van der Waals surface area (Å²) in [4.78, 5) is 99.8. The maximum Gasteiger partial charge on any atom is 0.320 e. The van der Waals surface area contributed by atoms with Crippen LogP contribution in [0.15, 0.2) is 48.7 Å². The first kappa shape index (κ1) is 44.3. The Morgan fingerprint density at radius 1 is 0.877 bits per heavy atom. The smallest absolute Gasteiger partial charge is 0.320 e. The van der Waals surface area contributed by atoms with E-state index in [1.807, 2.05) is 29.0 Å². The molecule has 0 saturated carbocycles. The monoisotopic (exact) mass is 887 g/mol. The average Bonchev–Trinajstić information content (AvgIpc) is 3.83. The fraction of sp³-hybridized carbons (Fsp3) is 0.542. The lowest BCUT2D eigenvalue weighted by Gasteiger charge is -2.41. The van der Waals surface area contributed by atoms with Crippen LogP contribution in [-0.4, -0.2) is 173 Å². The molecule has 344 valence electrons. The van der Waals surface area contributed by atoms with Gasteiger partial charge in [-0.15, -0.1) is 0 Å². The summed E-state index contributed by atoms with van der Waals surface area (Å²) in [6.07, 6.45) is 7.00. The number of carbonyl (C=O) groups is 6. The zero-order valence-corrected chi connectivity index (χ0v) is 37.7. The van der Waals surface area contributed by atoms with E-state index < -0.39 is 17.9 Å². The molecular weight excluding hydrogens is 827 g/mol. The number of likely N-dealkylation sites (N-methyl/N-ethyl adjacent to an activating group) is 1. The molecule has 0 radical (unpaired) electrons. The van der Waals surface area contributed by atoms with Crippen LogP contribution in [0.5, 0.6) is 0 Å². The largest absolute Gasteiger partial charge is 0.364 e. The maximum absolute atomic E-state index is 13.6. The number of fused-ring (bicyclic) bond motifs is 1. The van der Waals surface area contributed by atoms with Crippen LogP contribution in [0.2, 0.25) is 0 Å². The molecule has 1 unspecified atom stereocenters. The number of amides is 7. The van der Waals surface area contributed by atoms with Gasteiger partial charge in [0, 0.05) is 104 Å². The van der Waals surface area contributed by atoms with Crippen molar-refractivity contribution in [2.75, 3.05) is 90.5 Å². The number of benzene rings is 2. The normalized spacial score (nSPS) is 23.0. The summed E-state index contributed by atoms with van der Waals surface area (Å²) in [5, 5.41) is 2.38. The minimum atomic E-state index is -0.624. The van der Waals surface area contributed by atoms with Gasteiger partial charge in [-0.05, 0) is 72.3 Å². The van der Waals surface area contributed by atoms with E-state index >= 15 is 0 Å². The predicted molar refractivity (Wildman–Crippen MR) is 242 cm³/mol. The number of carbonyl (C=O) groups excluding carboxylic acids is 6. The molecule has 17 heteroatoms. The van der Waals surface area contributed by atoms with E-state index in [1.165, 1.54) is 5.56 Å². The van der Waals surface area contributed by atoms with Crippen molar-refractivity contribution in [1.82, 2.24) is 44.7 Å². The SMILES string of the molecule is CN1CCN([C@@H]2CCCN(c3cnc(C(N)=O)c(Cc4ccc(C5(C)CCN(C(=O)CN6CCN(CCc7cccc8c7CN(C7CCC(=O)NC7=O)C8=O)CC6)CC5)cc4)n3)C2)C1=O. The molecule has 6 aliphatic rings. The first-order valence-corrected chi connectivity index (χ1v) is 23.3. The third-order valence-electron chi connectivity index (χ3n) is 14.9. The third-order valence-corrected chi connectivity index (χ3v) is 14.9. The summed E-state index contributed by atoms with van der Waals surface area (Å²) < 4.78 is 0. The Labute approximate surface area is 380 Å². The van der Waals surface area contributed by atoms with Gasteiger partial charge in [0.05, 0.1) is 24.5 Å². The van der Waals surface area contributed by atoms with Crippen molar-refractivity contribution in [2.24, 2.45) is 5.73 Å². The van der Waals surface area contributed by atoms with E-state index in [9.17, 15) is 28.8 Å². The van der Waals surface area contributed by atoms with Crippen LogP contribution in [0.1, 0.15) is 94.2 Å². The van der Waals surface area contributed by atoms with Crippen molar-refractivity contribution < 1.29 is 28.8 Å². The number of rotatable bonds is 12. The summed E-state index contributed by atoms with van der Waals surface area (Å²) in [5.41, 5.74) is 11.4. The lowest BCUT2D eigenvalue weighted by molar-refractivity contribution is -0.137. The van der Waals surface area contributed by atoms with Crippen molar-refractivity contribution in [3.05, 3.63) is 87.9 Å². The molecule has 3 N–H and O–H groups in total. The van der Waals surface area contributed by atoms with E-state index in [-0.39, 0.29) is 47.3 Å². The number of primary amides is 1. The second-order valence-corrected chi connectivity index (χ2v) is 19.1. The van der Waals surface area contributed by atoms with Gasteiger partial charge < -0.3 is 35.1 Å². The fourth-order valence-corrected chi connectivity index (χ4v) is 10.7. The highest BCUT2D eigenvalue weighted by molar-refractivity contribution is 6.05. The summed E-state index contributed by atoms with van der Waals surface area (Å²) >= 11 is 0. The van der Waals surface area contributed by atoms with E-state index in [0.29, 0.717) is 62.6 Å². The summed E-state index contributed by atoms with van der Waals surface area (Å²) in [6.45, 7) is 11.6. The second kappa shape index (κ2) is 18.5. The molecule has 9 rings (SSSR count). The van der Waals surface area contributed by atoms with Gasteiger partial charge in [0.25, 0.3) is 11.8 Å². The lowest BCUT2D eigenvalue weighted by atomic mass is 9.74. The van der Waals surface area contributed by atoms with Crippen LogP contribution < -0.4 is 16.0 Å². The average molecular weight is 888 g/mol. The fourth-order valence-electron chi connectivity index (χ4n) is 10.7. The number of aromatic nitrogens is 2. The number of piperidine rings is 3. The molecule has 65 heavy (non-hydrogen) atoms. The molecule has 0 spiro atoms. The van der Waals surface area contributed by atoms with Crippen molar-refractivity contribution in [3.8, 4) is 0 Å². The summed E-state index contributed by atoms with van der Waals surface area (Å²) in [6, 6.07) is 13.9. The number of likely N-dealkylation sites (tertiary alicyclic amines) is 1. The minimum absolute atomic E-state index is 0.0674. The molecule has 0 aliphatic carbocycles. The molecule has 1 aromatic heterocycles. The number of hydrogen-bond donors (Lipinski definition) is 2. The van der Waals surface area contributed by atoms with Gasteiger partial charge in [-0.25, -0.2) is 14.8 Å². The summed E-state index contributed by atoms with van der Waals surface area (Å²) in [5.74, 6) is -0.588. The van der Waals surface area contributed by atoms with Crippen LogP contribution in [0.25, 0.3) is 0 Å². The van der Waals surface area contributed by atoms with E-state index in [0.717, 1.165) is 101 Å². The Morgan fingerprint density at radius 3 is 2.34 bits per heavy atom. The third kappa shape index (κ3) is 9.30. The van der Waals surface area contributed by atoms with Gasteiger partial charge >= 0.3 is 6.03 Å². The van der Waals surface area contributed by atoms with Crippen LogP contribution in [0.3, 0.4) is 0 Å². The van der Waals surface area contributed by atoms with Gasteiger partial charge in [0.1, 0.15) is 17.6 Å². The predicted octanol–water partition coefficient (Wildman–Crippen LogP) is 2.00. The van der Waals surface area contributed by atoms with Gasteiger partial charge in [0.2, 0.25) is 17.7 Å². The molecule has 2 aromatic carbocycles. The van der Waals surface area contributed by atoms with Crippen LogP contribution in [0, 0.1) is 0 Å². The molecule has 7 heterocycles. The Balaban J connectivity index is 0.734. The van der Waals surface area contributed by atoms with E-state index in [1.54, 1.807) is 16.0 Å². The first-order chi connectivity index (χ1) is 31.3. The molecule has 5 fully saturated rings. The van der Waals surface area contributed by atoms with Gasteiger partial charge in [-0.3, -0.25) is 34.2 Å². The van der Waals surface area contributed by atoms with E-state index in [4.69, 9.17) is 10.7 Å². The molecular formula is C48H61N11O6. The lowest BCUT2D eigenvalue weighted by Crippen LogP contribution is -2.52. The molecule has 5 saturated heterocycles. The van der Waals surface area contributed by atoms with Crippen molar-refractivity contribution in [1.29, 1.82) is 0 Å². The van der Waals surface area contributed by atoms with Crippen molar-refractivity contribution in [2.45, 2.75) is 82.3 Å². The number of nitrogens with one attached hydrogen (secondary N) is 1.